The minimum atomic E-state index is -2.68. The van der Waals surface area contributed by atoms with Crippen molar-refractivity contribution < 1.29 is 8.76 Å². The predicted octanol–water partition coefficient (Wildman–Crippen LogP) is 4.59. The summed E-state index contributed by atoms with van der Waals surface area (Å²) in [7, 11) is 0. The zero-order chi connectivity index (χ0) is 24.8. The van der Waals surface area contributed by atoms with Gasteiger partial charge >= 0.3 is 0 Å². The first-order valence-corrected chi connectivity index (χ1v) is 13.3. The predicted molar refractivity (Wildman–Crippen MR) is 144 cm³/mol. The second-order valence-corrected chi connectivity index (χ2v) is 10.4. The molecule has 1 saturated heterocycles. The molecule has 5 aromatic rings. The molecule has 0 bridgehead atoms. The average Bonchev–Trinajstić information content (AvgIpc) is 3.31. The van der Waals surface area contributed by atoms with Gasteiger partial charge < -0.3 is 14.8 Å². The zero-order valence-electron chi connectivity index (χ0n) is 20.1. The van der Waals surface area contributed by atoms with Gasteiger partial charge in [0.05, 0.1) is 17.3 Å². The largest absolute Gasteiger partial charge is 0.612 e. The van der Waals surface area contributed by atoms with E-state index in [0.29, 0.717) is 22.4 Å². The highest BCUT2D eigenvalue weighted by Crippen LogP contribution is 2.34. The molecule has 0 amide bonds. The van der Waals surface area contributed by atoms with Gasteiger partial charge in [-0.3, -0.25) is 0 Å². The van der Waals surface area contributed by atoms with Crippen LogP contribution in [0.15, 0.2) is 84.1 Å². The Morgan fingerprint density at radius 1 is 0.889 bits per heavy atom. The Bertz CT molecular complexity index is 1590. The Morgan fingerprint density at radius 2 is 1.61 bits per heavy atom. The van der Waals surface area contributed by atoms with Gasteiger partial charge in [0.15, 0.2) is 10.5 Å². The fourth-order valence-electron chi connectivity index (χ4n) is 5.36. The highest BCUT2D eigenvalue weighted by atomic mass is 32.2. The number of benzene rings is 3. The van der Waals surface area contributed by atoms with Crippen LogP contribution in [-0.4, -0.2) is 44.3 Å². The Labute approximate surface area is 212 Å². The lowest BCUT2D eigenvalue weighted by Gasteiger charge is -2.41. The SMILES string of the molecule is C[C@@H]1CNC[C@H](C)N1c1ccc(-c2cnc3c(-c4ccc([SH+](=O)[O-])c5ccccc45)cnn3c2)cc1. The van der Waals surface area contributed by atoms with E-state index in [2.05, 4.69) is 53.4 Å². The monoisotopic (exact) mass is 497 g/mol. The number of hydrogen-bond acceptors (Lipinski definition) is 6. The maximum atomic E-state index is 11.7. The highest BCUT2D eigenvalue weighted by Gasteiger charge is 2.24. The molecule has 3 aromatic carbocycles. The summed E-state index contributed by atoms with van der Waals surface area (Å²) < 4.78 is 25.3. The van der Waals surface area contributed by atoms with Crippen molar-refractivity contribution in [2.24, 2.45) is 0 Å². The number of nitrogens with zero attached hydrogens (tertiary/aromatic N) is 4. The van der Waals surface area contributed by atoms with Gasteiger partial charge in [0, 0.05) is 59.8 Å². The first-order valence-electron chi connectivity index (χ1n) is 12.1. The molecule has 1 unspecified atom stereocenters. The summed E-state index contributed by atoms with van der Waals surface area (Å²) in [5.41, 5.74) is 5.78. The molecule has 6 rings (SSSR count). The average molecular weight is 498 g/mol. The molecule has 0 aliphatic carbocycles. The highest BCUT2D eigenvalue weighted by molar-refractivity contribution is 7.79. The first kappa shape index (κ1) is 22.8. The van der Waals surface area contributed by atoms with Gasteiger partial charge in [-0.05, 0) is 60.7 Å². The Morgan fingerprint density at radius 3 is 2.33 bits per heavy atom. The second kappa shape index (κ2) is 9.13. The van der Waals surface area contributed by atoms with Crippen molar-refractivity contribution in [3.8, 4) is 22.3 Å². The van der Waals surface area contributed by atoms with Crippen molar-refractivity contribution in [1.29, 1.82) is 0 Å². The van der Waals surface area contributed by atoms with Gasteiger partial charge in [0.25, 0.3) is 0 Å². The van der Waals surface area contributed by atoms with Crippen LogP contribution in [0, 0.1) is 0 Å². The number of hydrogen-bond donors (Lipinski definition) is 1. The molecule has 3 atom stereocenters. The maximum absolute atomic E-state index is 11.7. The summed E-state index contributed by atoms with van der Waals surface area (Å²) in [5, 5.41) is 9.63. The van der Waals surface area contributed by atoms with E-state index in [0.717, 1.165) is 46.4 Å². The van der Waals surface area contributed by atoms with E-state index in [9.17, 15) is 8.76 Å². The van der Waals surface area contributed by atoms with E-state index in [4.69, 9.17) is 4.98 Å². The molecule has 7 nitrogen and oxygen atoms in total. The molecule has 0 spiro atoms. The molecule has 182 valence electrons. The van der Waals surface area contributed by atoms with Crippen molar-refractivity contribution in [3.05, 3.63) is 79.3 Å². The summed E-state index contributed by atoms with van der Waals surface area (Å²) in [5.74, 6) is 0. The van der Waals surface area contributed by atoms with Crippen LogP contribution in [0.1, 0.15) is 13.8 Å². The van der Waals surface area contributed by atoms with Crippen LogP contribution >= 0.6 is 0 Å². The van der Waals surface area contributed by atoms with Gasteiger partial charge in [0.2, 0.25) is 0 Å². The van der Waals surface area contributed by atoms with Gasteiger partial charge in [-0.25, -0.2) is 9.50 Å². The molecule has 0 radical (unpaired) electrons. The lowest BCUT2D eigenvalue weighted by Crippen LogP contribution is -2.55. The maximum Gasteiger partial charge on any atom is 0.162 e. The molecular weight excluding hydrogens is 470 g/mol. The third-order valence-corrected chi connectivity index (χ3v) is 7.86. The number of aromatic nitrogens is 3. The second-order valence-electron chi connectivity index (χ2n) is 9.41. The van der Waals surface area contributed by atoms with E-state index in [1.54, 1.807) is 16.8 Å². The quantitative estimate of drug-likeness (QED) is 0.289. The Balaban J connectivity index is 1.36. The summed E-state index contributed by atoms with van der Waals surface area (Å²) in [6, 6.07) is 20.6. The first-order chi connectivity index (χ1) is 17.5. The van der Waals surface area contributed by atoms with Crippen LogP contribution in [0.4, 0.5) is 5.69 Å². The minimum Gasteiger partial charge on any atom is -0.612 e. The smallest absolute Gasteiger partial charge is 0.162 e. The molecule has 36 heavy (non-hydrogen) atoms. The number of thiol groups is 1. The summed E-state index contributed by atoms with van der Waals surface area (Å²) in [4.78, 5) is 7.55. The van der Waals surface area contributed by atoms with Crippen molar-refractivity contribution in [1.82, 2.24) is 19.9 Å². The van der Waals surface area contributed by atoms with Crippen LogP contribution in [0.2, 0.25) is 0 Å². The van der Waals surface area contributed by atoms with Crippen molar-refractivity contribution in [3.63, 3.8) is 0 Å². The van der Waals surface area contributed by atoms with Crippen molar-refractivity contribution in [2.75, 3.05) is 18.0 Å². The van der Waals surface area contributed by atoms with E-state index in [-0.39, 0.29) is 0 Å². The fourth-order valence-corrected chi connectivity index (χ4v) is 5.95. The summed E-state index contributed by atoms with van der Waals surface area (Å²) in [6.45, 7) is 6.48. The molecule has 0 saturated carbocycles. The topological polar surface area (TPSA) is 85.6 Å². The minimum absolute atomic E-state index is 0.323. The fraction of sp³-hybridized carbons (Fsp3) is 0.214. The molecule has 8 heteroatoms. The van der Waals surface area contributed by atoms with Gasteiger partial charge in [-0.1, -0.05) is 30.3 Å². The van der Waals surface area contributed by atoms with Gasteiger partial charge in [0.1, 0.15) is 0 Å². The van der Waals surface area contributed by atoms with Crippen LogP contribution in [-0.2, 0) is 15.3 Å². The third kappa shape index (κ3) is 3.87. The zero-order valence-corrected chi connectivity index (χ0v) is 21.0. The Hall–Kier alpha value is -3.59. The number of piperazine rings is 1. The molecular formula is C28H27N5O2S. The van der Waals surface area contributed by atoms with E-state index in [1.807, 2.05) is 42.7 Å². The third-order valence-electron chi connectivity index (χ3n) is 7.07. The summed E-state index contributed by atoms with van der Waals surface area (Å²) >= 11 is -2.68. The van der Waals surface area contributed by atoms with Crippen LogP contribution in [0.25, 0.3) is 38.7 Å². The number of rotatable bonds is 4. The number of fused-ring (bicyclic) bond motifs is 2. The van der Waals surface area contributed by atoms with E-state index in [1.165, 1.54) is 5.69 Å². The normalized spacial score (nSPS) is 19.1. The van der Waals surface area contributed by atoms with Crippen molar-refractivity contribution in [2.45, 2.75) is 30.8 Å². The van der Waals surface area contributed by atoms with Gasteiger partial charge in [-0.15, -0.1) is 4.21 Å². The van der Waals surface area contributed by atoms with Crippen LogP contribution < -0.4 is 10.2 Å². The number of nitrogens with one attached hydrogen (secondary N) is 1. The molecule has 2 aromatic heterocycles. The number of anilines is 1. The molecule has 3 heterocycles. The lowest BCUT2D eigenvalue weighted by atomic mass is 10.00. The van der Waals surface area contributed by atoms with Crippen LogP contribution in [0.5, 0.6) is 0 Å². The molecule has 1 aliphatic rings. The summed E-state index contributed by atoms with van der Waals surface area (Å²) in [6.07, 6.45) is 5.65. The van der Waals surface area contributed by atoms with E-state index < -0.39 is 11.1 Å². The van der Waals surface area contributed by atoms with E-state index >= 15 is 0 Å². The van der Waals surface area contributed by atoms with Crippen molar-refractivity contribution >= 4 is 33.2 Å². The molecule has 1 fully saturated rings. The van der Waals surface area contributed by atoms with Crippen LogP contribution in [0.3, 0.4) is 0 Å². The van der Waals surface area contributed by atoms with Gasteiger partial charge in [-0.2, -0.15) is 5.10 Å². The Kier molecular flexibility index (Phi) is 5.79. The molecule has 1 aliphatic heterocycles. The molecule has 1 N–H and O–H groups in total. The standard InChI is InChI=1S/C28H27N5O2S/c1-18-13-29-14-19(2)33(18)22-9-7-20(8-10-22)21-15-30-28-26(16-31-32(28)17-21)24-11-12-27(36(34)35)25-6-4-3-5-23(24)25/h3-12,15-19,29,36H,13-14H2,1-2H3/t18-,19+. The lowest BCUT2D eigenvalue weighted by molar-refractivity contribution is 0.432.